The summed E-state index contributed by atoms with van der Waals surface area (Å²) in [5.41, 5.74) is 0. The summed E-state index contributed by atoms with van der Waals surface area (Å²) in [5, 5.41) is 0. The molecule has 0 unspecified atom stereocenters. The van der Waals surface area contributed by atoms with Gasteiger partial charge in [-0.3, -0.25) is 0 Å². The summed E-state index contributed by atoms with van der Waals surface area (Å²) < 4.78 is 36.6. The molecule has 0 heterocycles. The number of alkyl halides is 3. The first-order valence-electron chi connectivity index (χ1n) is 1.43. The highest BCUT2D eigenvalue weighted by Crippen LogP contribution is 2.11. The third-order valence-corrected chi connectivity index (χ3v) is 0.653. The zero-order valence-corrected chi connectivity index (χ0v) is 4.54. The maximum atomic E-state index is 10.9. The molecule has 0 aliphatic rings. The molecule has 2 radical (unpaired) electrons. The Morgan fingerprint density at radius 2 is 1.86 bits per heavy atom. The molecule has 0 spiro atoms. The summed E-state index contributed by atoms with van der Waals surface area (Å²) in [6.45, 7) is 0. The van der Waals surface area contributed by atoms with Crippen LogP contribution in [0.1, 0.15) is 0 Å². The molecule has 5 heteroatoms. The van der Waals surface area contributed by atoms with Crippen LogP contribution < -0.4 is 0 Å². The van der Waals surface area contributed by atoms with E-state index in [9.17, 15) is 13.2 Å². The van der Waals surface area contributed by atoms with Gasteiger partial charge in [-0.05, 0) is 0 Å². The number of hydrogen-bond acceptors (Lipinski definition) is 1. The lowest BCUT2D eigenvalue weighted by atomic mass is 11.5. The summed E-state index contributed by atoms with van der Waals surface area (Å²) in [5.74, 6) is -4.14. The summed E-state index contributed by atoms with van der Waals surface area (Å²) in [4.78, 5) is 0. The van der Waals surface area contributed by atoms with Crippen molar-refractivity contribution in [1.82, 2.24) is 0 Å². The lowest BCUT2D eigenvalue weighted by Gasteiger charge is -1.98. The molecule has 0 bridgehead atoms. The Kier molecular flexibility index (Phi) is 2.31. The fourth-order valence-electron chi connectivity index (χ4n) is 0.116. The van der Waals surface area contributed by atoms with Crippen LogP contribution in [0.25, 0.3) is 0 Å². The predicted molar refractivity (Wildman–Crippen MR) is 18.8 cm³/mol. The maximum Gasteiger partial charge on any atom is 0.389 e. The van der Waals surface area contributed by atoms with E-state index in [4.69, 9.17) is 0 Å². The van der Waals surface area contributed by atoms with Crippen molar-refractivity contribution < 1.29 is 17.6 Å². The van der Waals surface area contributed by atoms with Crippen molar-refractivity contribution >= 4 is 9.76 Å². The summed E-state index contributed by atoms with van der Waals surface area (Å²) in [7, 11) is -0.356. The van der Waals surface area contributed by atoms with Crippen molar-refractivity contribution in [3.8, 4) is 0 Å². The summed E-state index contributed by atoms with van der Waals surface area (Å²) in [6.07, 6.45) is 0. The molecule has 1 nitrogen and oxygen atoms in total. The lowest BCUT2D eigenvalue weighted by molar-refractivity contribution is -0.0577. The Labute approximate surface area is 41.4 Å². The van der Waals surface area contributed by atoms with Gasteiger partial charge in [0.2, 0.25) is 0 Å². The van der Waals surface area contributed by atoms with E-state index < -0.39 is 15.6 Å². The van der Waals surface area contributed by atoms with Gasteiger partial charge in [-0.1, -0.05) is 0 Å². The van der Waals surface area contributed by atoms with E-state index in [-0.39, 0.29) is 0 Å². The highest BCUT2D eigenvalue weighted by molar-refractivity contribution is 6.29. The molecule has 0 aromatic heterocycles. The van der Waals surface area contributed by atoms with E-state index in [0.717, 1.165) is 7.11 Å². The molecule has 0 saturated carbocycles. The van der Waals surface area contributed by atoms with Crippen LogP contribution in [-0.4, -0.2) is 22.7 Å². The average molecular weight is 128 g/mol. The smallest absolute Gasteiger partial charge is 0.389 e. The largest absolute Gasteiger partial charge is 0.413 e. The molecule has 42 valence electrons. The van der Waals surface area contributed by atoms with Gasteiger partial charge in [0.15, 0.2) is 0 Å². The molecule has 0 aromatic carbocycles. The van der Waals surface area contributed by atoms with Gasteiger partial charge in [-0.2, -0.15) is 13.2 Å². The molecule has 0 aliphatic carbocycles. The van der Waals surface area contributed by atoms with Gasteiger partial charge in [0.05, 0.1) is 0 Å². The van der Waals surface area contributed by atoms with E-state index in [1.54, 1.807) is 0 Å². The molecule has 0 fully saturated rings. The first kappa shape index (κ1) is 6.97. The summed E-state index contributed by atoms with van der Waals surface area (Å²) in [6, 6.07) is 0. The standard InChI is InChI=1S/C2H3F3OSi/c1-6-7-2(3,4)5/h1H3. The van der Waals surface area contributed by atoms with Gasteiger partial charge in [-0.25, -0.2) is 0 Å². The Morgan fingerprint density at radius 1 is 1.43 bits per heavy atom. The highest BCUT2D eigenvalue weighted by Gasteiger charge is 2.29. The van der Waals surface area contributed by atoms with Gasteiger partial charge >= 0.3 is 15.6 Å². The van der Waals surface area contributed by atoms with Crippen LogP contribution in [0.15, 0.2) is 0 Å². The molecule has 0 aliphatic heterocycles. The molecule has 0 aromatic rings. The Balaban J connectivity index is 3.15. The minimum Gasteiger partial charge on any atom is -0.413 e. The second-order valence-corrected chi connectivity index (χ2v) is 1.98. The van der Waals surface area contributed by atoms with Gasteiger partial charge in [0, 0.05) is 7.11 Å². The quantitative estimate of drug-likeness (QED) is 0.474. The second kappa shape index (κ2) is 2.32. The van der Waals surface area contributed by atoms with Crippen LogP contribution in [-0.2, 0) is 4.43 Å². The zero-order chi connectivity index (χ0) is 5.91. The Bertz CT molecular complexity index is 51.4. The Hall–Kier alpha value is -0.0331. The molecule has 0 N–H and O–H groups in total. The average Bonchev–Trinajstić information content (AvgIpc) is 1.30. The predicted octanol–water partition coefficient (Wildman–Crippen LogP) is 0.772. The van der Waals surface area contributed by atoms with Crippen molar-refractivity contribution in [3.05, 3.63) is 0 Å². The maximum absolute atomic E-state index is 10.9. The summed E-state index contributed by atoms with van der Waals surface area (Å²) >= 11 is 0. The molecular formula is C2H3F3OSi. The third-order valence-electron chi connectivity index (χ3n) is 0.218. The van der Waals surface area contributed by atoms with Crippen LogP contribution in [0.2, 0.25) is 0 Å². The van der Waals surface area contributed by atoms with Crippen LogP contribution in [0.3, 0.4) is 0 Å². The minimum absolute atomic E-state index is 1.02. The molecule has 0 rings (SSSR count). The van der Waals surface area contributed by atoms with Crippen molar-refractivity contribution in [2.24, 2.45) is 0 Å². The van der Waals surface area contributed by atoms with Gasteiger partial charge in [0.1, 0.15) is 0 Å². The van der Waals surface area contributed by atoms with Gasteiger partial charge in [0.25, 0.3) is 0 Å². The van der Waals surface area contributed by atoms with Crippen LogP contribution in [0.4, 0.5) is 13.2 Å². The van der Waals surface area contributed by atoms with Crippen molar-refractivity contribution in [1.29, 1.82) is 0 Å². The first-order chi connectivity index (χ1) is 3.06. The molecule has 0 amide bonds. The van der Waals surface area contributed by atoms with E-state index in [2.05, 4.69) is 4.43 Å². The molecule has 7 heavy (non-hydrogen) atoms. The first-order valence-corrected chi connectivity index (χ1v) is 2.34. The third kappa shape index (κ3) is 5.97. The lowest BCUT2D eigenvalue weighted by Crippen LogP contribution is -2.19. The monoisotopic (exact) mass is 128 g/mol. The van der Waals surface area contributed by atoms with E-state index >= 15 is 0 Å². The van der Waals surface area contributed by atoms with Crippen molar-refractivity contribution in [3.63, 3.8) is 0 Å². The van der Waals surface area contributed by atoms with Gasteiger partial charge < -0.3 is 4.43 Å². The number of halogens is 3. The van der Waals surface area contributed by atoms with E-state index in [0.29, 0.717) is 0 Å². The van der Waals surface area contributed by atoms with Crippen molar-refractivity contribution in [2.75, 3.05) is 7.11 Å². The van der Waals surface area contributed by atoms with Gasteiger partial charge in [-0.15, -0.1) is 0 Å². The fourth-order valence-corrected chi connectivity index (χ4v) is 0.347. The fraction of sp³-hybridized carbons (Fsp3) is 1.00. The highest BCUT2D eigenvalue weighted by atomic mass is 28.2. The normalized spacial score (nSPS) is 12.0. The van der Waals surface area contributed by atoms with E-state index in [1.165, 1.54) is 0 Å². The minimum atomic E-state index is -4.14. The SMILES string of the molecule is CO[Si]C(F)(F)F. The van der Waals surface area contributed by atoms with Crippen LogP contribution >= 0.6 is 0 Å². The van der Waals surface area contributed by atoms with Crippen molar-refractivity contribution in [2.45, 2.75) is 5.80 Å². The molecule has 0 saturated heterocycles. The van der Waals surface area contributed by atoms with E-state index in [1.807, 2.05) is 0 Å². The molecule has 0 atom stereocenters. The van der Waals surface area contributed by atoms with Crippen LogP contribution in [0, 0.1) is 0 Å². The Morgan fingerprint density at radius 3 is 1.86 bits per heavy atom. The number of rotatable bonds is 1. The van der Waals surface area contributed by atoms with Crippen LogP contribution in [0.5, 0.6) is 0 Å². The topological polar surface area (TPSA) is 9.23 Å². The number of hydrogen-bond donors (Lipinski definition) is 0. The second-order valence-electron chi connectivity index (χ2n) is 0.804. The molecular weight excluding hydrogens is 125 g/mol. The zero-order valence-electron chi connectivity index (χ0n) is 3.54.